The number of benzene rings is 3. The van der Waals surface area contributed by atoms with Gasteiger partial charge in [-0.05, 0) is 36.4 Å². The Morgan fingerprint density at radius 1 is 0.848 bits per heavy atom. The first-order valence-electron chi connectivity index (χ1n) is 10.1. The highest BCUT2D eigenvalue weighted by molar-refractivity contribution is 6.09. The molecule has 0 aliphatic rings. The topological polar surface area (TPSA) is 92.0 Å². The van der Waals surface area contributed by atoms with Crippen molar-refractivity contribution >= 4 is 22.7 Å². The molecule has 1 aromatic heterocycles. The molecule has 0 saturated heterocycles. The first kappa shape index (κ1) is 21.8. The maximum atomic E-state index is 12.4. The summed E-state index contributed by atoms with van der Waals surface area (Å²) in [5.41, 5.74) is 1.41. The van der Waals surface area contributed by atoms with Gasteiger partial charge in [-0.3, -0.25) is 4.79 Å². The highest BCUT2D eigenvalue weighted by Gasteiger charge is 2.12. The van der Waals surface area contributed by atoms with E-state index in [9.17, 15) is 14.4 Å². The molecule has 7 heteroatoms. The normalized spacial score (nSPS) is 10.6. The number of rotatable bonds is 8. The maximum absolute atomic E-state index is 12.4. The van der Waals surface area contributed by atoms with Gasteiger partial charge in [0.15, 0.2) is 12.4 Å². The van der Waals surface area contributed by atoms with E-state index < -0.39 is 11.6 Å². The van der Waals surface area contributed by atoms with Crippen molar-refractivity contribution in [1.82, 2.24) is 0 Å². The standard InChI is InChI=1S/C26H20O7/c1-30-21-11-12-22-19(13-24(27)33-23(22)14-21)15-32-25(28)16-31-20-9-7-18(8-10-20)26(29)17-5-3-2-4-6-17/h2-14H,15-16H2,1H3. The fraction of sp³-hybridized carbons (Fsp3) is 0.115. The van der Waals surface area contributed by atoms with Crippen LogP contribution in [0.2, 0.25) is 0 Å². The lowest BCUT2D eigenvalue weighted by Gasteiger charge is -2.09. The van der Waals surface area contributed by atoms with Crippen molar-refractivity contribution in [3.63, 3.8) is 0 Å². The summed E-state index contributed by atoms with van der Waals surface area (Å²) >= 11 is 0. The lowest BCUT2D eigenvalue weighted by molar-refractivity contribution is -0.147. The number of ether oxygens (including phenoxy) is 3. The summed E-state index contributed by atoms with van der Waals surface area (Å²) < 4.78 is 21.0. The SMILES string of the molecule is COc1ccc2c(COC(=O)COc3ccc(C(=O)c4ccccc4)cc3)cc(=O)oc2c1. The zero-order valence-electron chi connectivity index (χ0n) is 17.8. The van der Waals surface area contributed by atoms with Crippen LogP contribution in [0.4, 0.5) is 0 Å². The highest BCUT2D eigenvalue weighted by Crippen LogP contribution is 2.23. The third-order valence-corrected chi connectivity index (χ3v) is 4.94. The molecule has 4 rings (SSSR count). The number of esters is 1. The molecular weight excluding hydrogens is 424 g/mol. The van der Waals surface area contributed by atoms with E-state index in [1.165, 1.54) is 13.2 Å². The Morgan fingerprint density at radius 2 is 1.55 bits per heavy atom. The predicted molar refractivity (Wildman–Crippen MR) is 121 cm³/mol. The van der Waals surface area contributed by atoms with Crippen molar-refractivity contribution in [3.05, 3.63) is 106 Å². The molecule has 4 aromatic rings. The van der Waals surface area contributed by atoms with Gasteiger partial charge in [0, 0.05) is 34.2 Å². The third kappa shape index (κ3) is 5.27. The Morgan fingerprint density at radius 3 is 2.27 bits per heavy atom. The van der Waals surface area contributed by atoms with Crippen LogP contribution in [0.15, 0.2) is 88.1 Å². The number of carbonyl (C=O) groups excluding carboxylic acids is 2. The van der Waals surface area contributed by atoms with E-state index in [0.29, 0.717) is 39.2 Å². The second-order valence-corrected chi connectivity index (χ2v) is 7.12. The zero-order valence-corrected chi connectivity index (χ0v) is 17.8. The molecule has 0 unspecified atom stereocenters. The smallest absolute Gasteiger partial charge is 0.344 e. The second-order valence-electron chi connectivity index (χ2n) is 7.12. The van der Waals surface area contributed by atoms with Crippen LogP contribution in [-0.2, 0) is 16.1 Å². The van der Waals surface area contributed by atoms with Gasteiger partial charge in [-0.2, -0.15) is 0 Å². The molecule has 33 heavy (non-hydrogen) atoms. The summed E-state index contributed by atoms with van der Waals surface area (Å²) in [4.78, 5) is 36.4. The van der Waals surface area contributed by atoms with Gasteiger partial charge in [0.25, 0.3) is 0 Å². The van der Waals surface area contributed by atoms with E-state index in [-0.39, 0.29) is 19.0 Å². The molecule has 0 atom stereocenters. The fourth-order valence-electron chi connectivity index (χ4n) is 3.26. The lowest BCUT2D eigenvalue weighted by Crippen LogP contribution is -2.15. The van der Waals surface area contributed by atoms with Crippen molar-refractivity contribution in [2.24, 2.45) is 0 Å². The van der Waals surface area contributed by atoms with Crippen molar-refractivity contribution in [1.29, 1.82) is 0 Å². The molecule has 3 aromatic carbocycles. The summed E-state index contributed by atoms with van der Waals surface area (Å²) in [5, 5.41) is 0.641. The monoisotopic (exact) mass is 444 g/mol. The minimum atomic E-state index is -0.602. The molecule has 0 amide bonds. The molecule has 0 aliphatic carbocycles. The van der Waals surface area contributed by atoms with Gasteiger partial charge in [0.1, 0.15) is 23.7 Å². The number of carbonyl (C=O) groups is 2. The Bertz CT molecular complexity index is 1340. The van der Waals surface area contributed by atoms with Crippen LogP contribution in [0.5, 0.6) is 11.5 Å². The highest BCUT2D eigenvalue weighted by atomic mass is 16.6. The Labute approximate surface area is 189 Å². The van der Waals surface area contributed by atoms with Crippen LogP contribution in [-0.4, -0.2) is 25.5 Å². The molecule has 0 N–H and O–H groups in total. The van der Waals surface area contributed by atoms with Gasteiger partial charge in [-0.1, -0.05) is 30.3 Å². The molecule has 0 bridgehead atoms. The quantitative estimate of drug-likeness (QED) is 0.229. The second kappa shape index (κ2) is 9.82. The van der Waals surface area contributed by atoms with Crippen LogP contribution in [0.25, 0.3) is 11.0 Å². The van der Waals surface area contributed by atoms with E-state index in [1.807, 2.05) is 6.07 Å². The summed E-state index contributed by atoms with van der Waals surface area (Å²) in [5.74, 6) is 0.271. The van der Waals surface area contributed by atoms with Crippen molar-refractivity contribution in [2.45, 2.75) is 6.61 Å². The number of hydrogen-bond acceptors (Lipinski definition) is 7. The summed E-state index contributed by atoms with van der Waals surface area (Å²) in [7, 11) is 1.51. The third-order valence-electron chi connectivity index (χ3n) is 4.94. The number of hydrogen-bond donors (Lipinski definition) is 0. The summed E-state index contributed by atoms with van der Waals surface area (Å²) in [6.07, 6.45) is 0. The minimum absolute atomic E-state index is 0.0984. The molecule has 0 saturated carbocycles. The average Bonchev–Trinajstić information content (AvgIpc) is 2.85. The van der Waals surface area contributed by atoms with Crippen molar-refractivity contribution < 1.29 is 28.2 Å². The number of fused-ring (bicyclic) bond motifs is 1. The van der Waals surface area contributed by atoms with Crippen LogP contribution >= 0.6 is 0 Å². The molecule has 0 radical (unpaired) electrons. The van der Waals surface area contributed by atoms with Gasteiger partial charge < -0.3 is 18.6 Å². The van der Waals surface area contributed by atoms with E-state index >= 15 is 0 Å². The largest absolute Gasteiger partial charge is 0.497 e. The van der Waals surface area contributed by atoms with Crippen molar-refractivity contribution in [2.75, 3.05) is 13.7 Å². The van der Waals surface area contributed by atoms with Crippen LogP contribution < -0.4 is 15.1 Å². The molecular formula is C26H20O7. The molecule has 166 valence electrons. The average molecular weight is 444 g/mol. The van der Waals surface area contributed by atoms with Gasteiger partial charge >= 0.3 is 11.6 Å². The first-order valence-corrected chi connectivity index (χ1v) is 10.1. The Balaban J connectivity index is 1.34. The molecule has 0 fully saturated rings. The van der Waals surface area contributed by atoms with Gasteiger partial charge in [0.2, 0.25) is 0 Å². The zero-order chi connectivity index (χ0) is 23.2. The first-order chi connectivity index (χ1) is 16.0. The minimum Gasteiger partial charge on any atom is -0.497 e. The molecule has 0 spiro atoms. The van der Waals surface area contributed by atoms with Gasteiger partial charge in [0.05, 0.1) is 7.11 Å². The van der Waals surface area contributed by atoms with Crippen molar-refractivity contribution in [3.8, 4) is 11.5 Å². The van der Waals surface area contributed by atoms with E-state index in [2.05, 4.69) is 0 Å². The summed E-state index contributed by atoms with van der Waals surface area (Å²) in [6.45, 7) is -0.430. The Hall–Kier alpha value is -4.39. The number of methoxy groups -OCH3 is 1. The van der Waals surface area contributed by atoms with E-state index in [4.69, 9.17) is 18.6 Å². The predicted octanol–water partition coefficient (Wildman–Crippen LogP) is 4.15. The van der Waals surface area contributed by atoms with Crippen LogP contribution in [0, 0.1) is 0 Å². The Kier molecular flexibility index (Phi) is 6.50. The fourth-order valence-corrected chi connectivity index (χ4v) is 3.26. The van der Waals surface area contributed by atoms with E-state index in [1.54, 1.807) is 66.7 Å². The molecule has 0 aliphatic heterocycles. The van der Waals surface area contributed by atoms with Crippen LogP contribution in [0.3, 0.4) is 0 Å². The molecule has 7 nitrogen and oxygen atoms in total. The summed E-state index contributed by atoms with van der Waals surface area (Å²) in [6, 6.07) is 21.8. The lowest BCUT2D eigenvalue weighted by atomic mass is 10.0. The van der Waals surface area contributed by atoms with Gasteiger partial charge in [-0.25, -0.2) is 9.59 Å². The van der Waals surface area contributed by atoms with E-state index in [0.717, 1.165) is 0 Å². The number of ketones is 1. The van der Waals surface area contributed by atoms with Crippen LogP contribution in [0.1, 0.15) is 21.5 Å². The maximum Gasteiger partial charge on any atom is 0.344 e. The molecule has 1 heterocycles. The van der Waals surface area contributed by atoms with Gasteiger partial charge in [-0.15, -0.1) is 0 Å².